The van der Waals surface area contributed by atoms with Gasteiger partial charge in [0.15, 0.2) is 0 Å². The Bertz CT molecular complexity index is 1090. The van der Waals surface area contributed by atoms with Crippen LogP contribution < -0.4 is 0 Å². The number of benzene rings is 3. The van der Waals surface area contributed by atoms with E-state index in [-0.39, 0.29) is 29.3 Å². The van der Waals surface area contributed by atoms with E-state index in [0.717, 1.165) is 18.4 Å². The first-order valence-electron chi connectivity index (χ1n) is 11.3. The number of aryl methyl sites for hydroxylation is 1. The van der Waals surface area contributed by atoms with Gasteiger partial charge in [0, 0.05) is 24.0 Å². The highest BCUT2D eigenvalue weighted by Crippen LogP contribution is 2.42. The summed E-state index contributed by atoms with van der Waals surface area (Å²) in [5, 5.41) is 9.27. The van der Waals surface area contributed by atoms with Crippen LogP contribution in [0.1, 0.15) is 46.7 Å². The maximum absolute atomic E-state index is 13.8. The zero-order chi connectivity index (χ0) is 22.6. The van der Waals surface area contributed by atoms with Gasteiger partial charge in [0.05, 0.1) is 25.9 Å². The number of carbonyl (C=O) groups is 2. The van der Waals surface area contributed by atoms with Crippen LogP contribution in [0.5, 0.6) is 0 Å². The van der Waals surface area contributed by atoms with Crippen LogP contribution in [0.2, 0.25) is 0 Å². The van der Waals surface area contributed by atoms with Crippen molar-refractivity contribution in [1.82, 2.24) is 0 Å². The van der Waals surface area contributed by atoms with Gasteiger partial charge in [-0.05, 0) is 24.1 Å². The van der Waals surface area contributed by atoms with Crippen molar-refractivity contribution in [1.29, 1.82) is 0 Å². The molecule has 0 bridgehead atoms. The number of hydrogen-bond donors (Lipinski definition) is 1. The zero-order valence-corrected chi connectivity index (χ0v) is 18.5. The van der Waals surface area contributed by atoms with Gasteiger partial charge in [0.25, 0.3) is 0 Å². The zero-order valence-electron chi connectivity index (χ0n) is 18.5. The van der Waals surface area contributed by atoms with E-state index in [0.29, 0.717) is 13.1 Å². The van der Waals surface area contributed by atoms with Crippen LogP contribution in [-0.4, -0.2) is 34.6 Å². The Morgan fingerprint density at radius 3 is 2.31 bits per heavy atom. The molecule has 0 fully saturated rings. The van der Waals surface area contributed by atoms with Crippen molar-refractivity contribution < 1.29 is 19.2 Å². The van der Waals surface area contributed by atoms with Crippen LogP contribution in [0.15, 0.2) is 78.9 Å². The van der Waals surface area contributed by atoms with Crippen LogP contribution in [0.3, 0.4) is 0 Å². The Balaban J connectivity index is 1.82. The fraction of sp³-hybridized carbons (Fsp3) is 0.286. The van der Waals surface area contributed by atoms with Crippen molar-refractivity contribution in [2.24, 2.45) is 0 Å². The van der Waals surface area contributed by atoms with Crippen molar-refractivity contribution in [3.05, 3.63) is 107 Å². The highest BCUT2D eigenvalue weighted by molar-refractivity contribution is 5.77. The molecule has 1 aliphatic rings. The second kappa shape index (κ2) is 9.49. The van der Waals surface area contributed by atoms with Gasteiger partial charge in [-0.3, -0.25) is 9.28 Å². The van der Waals surface area contributed by atoms with E-state index in [1.54, 1.807) is 0 Å². The number of quaternary nitrogens is 1. The van der Waals surface area contributed by atoms with E-state index in [9.17, 15) is 14.7 Å². The summed E-state index contributed by atoms with van der Waals surface area (Å²) in [6.45, 7) is 3.41. The fourth-order valence-electron chi connectivity index (χ4n) is 5.06. The summed E-state index contributed by atoms with van der Waals surface area (Å²) in [5.74, 6) is -0.909. The van der Waals surface area contributed by atoms with Gasteiger partial charge in [0.2, 0.25) is 0 Å². The molecule has 0 saturated carbocycles. The first-order valence-corrected chi connectivity index (χ1v) is 11.3. The van der Waals surface area contributed by atoms with Crippen molar-refractivity contribution in [2.45, 2.75) is 38.6 Å². The highest BCUT2D eigenvalue weighted by Gasteiger charge is 2.48. The Labute approximate surface area is 189 Å². The number of fused-ring (bicyclic) bond motifs is 1. The highest BCUT2D eigenvalue weighted by atomic mass is 16.4. The average molecular weight is 429 g/mol. The molecule has 0 radical (unpaired) electrons. The molecule has 2 unspecified atom stereocenters. The molecule has 1 N–H and O–H groups in total. The standard InChI is InChI=1S/C28H29NO3/c1-21-12-13-23-17-19-29(26(30)14-15-27(31)32,18-16-22-8-4-2-5-9-22)28(25(23)20-21)24-10-6-3-7-11-24/h2-13,20,28H,14-19H2,1H3/p+1. The number of nitrogens with zero attached hydrogens (tertiary/aromatic N) is 1. The SMILES string of the molecule is Cc1ccc2c(c1)C(c1ccccc1)[N+](CCc1ccccc1)(C(=O)CCC(=O)O)CC2. The molecule has 1 aliphatic heterocycles. The van der Waals surface area contributed by atoms with Crippen LogP contribution in [0, 0.1) is 6.92 Å². The normalized spacial score (nSPS) is 19.8. The largest absolute Gasteiger partial charge is 0.481 e. The molecule has 1 amide bonds. The molecule has 32 heavy (non-hydrogen) atoms. The molecule has 2 atom stereocenters. The molecule has 164 valence electrons. The molecule has 3 aromatic rings. The van der Waals surface area contributed by atoms with E-state index in [2.05, 4.69) is 49.4 Å². The van der Waals surface area contributed by atoms with Gasteiger partial charge < -0.3 is 5.11 Å². The lowest BCUT2D eigenvalue weighted by atomic mass is 9.84. The van der Waals surface area contributed by atoms with E-state index in [1.807, 2.05) is 36.4 Å². The maximum atomic E-state index is 13.8. The van der Waals surface area contributed by atoms with Crippen molar-refractivity contribution in [3.63, 3.8) is 0 Å². The minimum Gasteiger partial charge on any atom is -0.481 e. The van der Waals surface area contributed by atoms with E-state index < -0.39 is 5.97 Å². The van der Waals surface area contributed by atoms with Crippen molar-refractivity contribution >= 4 is 11.9 Å². The summed E-state index contributed by atoms with van der Waals surface area (Å²) in [6, 6.07) is 26.9. The quantitative estimate of drug-likeness (QED) is 0.533. The smallest absolute Gasteiger partial charge is 0.315 e. The summed E-state index contributed by atoms with van der Waals surface area (Å²) in [6.07, 6.45) is 1.50. The average Bonchev–Trinajstić information content (AvgIpc) is 2.81. The second-order valence-electron chi connectivity index (χ2n) is 8.77. The number of carboxylic acid groups (broad SMARTS) is 1. The topological polar surface area (TPSA) is 54.4 Å². The first kappa shape index (κ1) is 22.0. The van der Waals surface area contributed by atoms with Gasteiger partial charge in [-0.1, -0.05) is 78.4 Å². The number of amides is 1. The maximum Gasteiger partial charge on any atom is 0.315 e. The molecule has 0 spiro atoms. The summed E-state index contributed by atoms with van der Waals surface area (Å²) >= 11 is 0. The van der Waals surface area contributed by atoms with E-state index >= 15 is 0 Å². The number of rotatable bonds is 7. The molecule has 4 heteroatoms. The summed E-state index contributed by atoms with van der Waals surface area (Å²) in [4.78, 5) is 25.1. The lowest BCUT2D eigenvalue weighted by Gasteiger charge is -2.46. The second-order valence-corrected chi connectivity index (χ2v) is 8.77. The lowest BCUT2D eigenvalue weighted by molar-refractivity contribution is -0.882. The fourth-order valence-corrected chi connectivity index (χ4v) is 5.06. The van der Waals surface area contributed by atoms with Gasteiger partial charge in [-0.2, -0.15) is 0 Å². The third-order valence-corrected chi connectivity index (χ3v) is 6.68. The van der Waals surface area contributed by atoms with Crippen LogP contribution in [-0.2, 0) is 22.4 Å². The van der Waals surface area contributed by atoms with Gasteiger partial charge in [-0.15, -0.1) is 0 Å². The lowest BCUT2D eigenvalue weighted by Crippen LogP contribution is -2.59. The molecule has 1 heterocycles. The first-order chi connectivity index (χ1) is 15.5. The summed E-state index contributed by atoms with van der Waals surface area (Å²) in [5.41, 5.74) is 5.95. The van der Waals surface area contributed by atoms with Crippen LogP contribution >= 0.6 is 0 Å². The molecule has 4 rings (SSSR count). The van der Waals surface area contributed by atoms with Gasteiger partial charge in [-0.25, -0.2) is 4.79 Å². The molecular weight excluding hydrogens is 398 g/mol. The summed E-state index contributed by atoms with van der Waals surface area (Å²) < 4.78 is 0.267. The summed E-state index contributed by atoms with van der Waals surface area (Å²) in [7, 11) is 0. The Kier molecular flexibility index (Phi) is 6.52. The van der Waals surface area contributed by atoms with Crippen molar-refractivity contribution in [2.75, 3.05) is 13.1 Å². The number of aliphatic carboxylic acids is 1. The minimum absolute atomic E-state index is 0.0179. The predicted molar refractivity (Wildman–Crippen MR) is 125 cm³/mol. The minimum atomic E-state index is -0.927. The van der Waals surface area contributed by atoms with Crippen LogP contribution in [0.4, 0.5) is 0 Å². The van der Waals surface area contributed by atoms with Crippen LogP contribution in [0.25, 0.3) is 0 Å². The number of carboxylic acids is 1. The molecule has 4 nitrogen and oxygen atoms in total. The van der Waals surface area contributed by atoms with E-state index in [1.165, 1.54) is 22.3 Å². The predicted octanol–water partition coefficient (Wildman–Crippen LogP) is 5.09. The Hall–Kier alpha value is -3.24. The molecule has 0 aromatic heterocycles. The Morgan fingerprint density at radius 2 is 1.62 bits per heavy atom. The van der Waals surface area contributed by atoms with Gasteiger partial charge in [0.1, 0.15) is 6.04 Å². The molecular formula is C28H30NO3+. The molecule has 3 aromatic carbocycles. The number of carbonyl (C=O) groups excluding carboxylic acids is 1. The third-order valence-electron chi connectivity index (χ3n) is 6.68. The third kappa shape index (κ3) is 4.51. The molecule has 0 aliphatic carbocycles. The molecule has 0 saturated heterocycles. The number of hydrogen-bond acceptors (Lipinski definition) is 2. The van der Waals surface area contributed by atoms with Crippen molar-refractivity contribution in [3.8, 4) is 0 Å². The van der Waals surface area contributed by atoms with E-state index in [4.69, 9.17) is 0 Å². The Morgan fingerprint density at radius 1 is 0.938 bits per heavy atom. The monoisotopic (exact) mass is 428 g/mol. The van der Waals surface area contributed by atoms with Gasteiger partial charge >= 0.3 is 11.9 Å².